The van der Waals surface area contributed by atoms with Crippen molar-refractivity contribution in [3.05, 3.63) is 59.8 Å². The van der Waals surface area contributed by atoms with Gasteiger partial charge in [-0.3, -0.25) is 9.48 Å². The summed E-state index contributed by atoms with van der Waals surface area (Å²) in [5, 5.41) is 8.56. The number of hydrogen-bond acceptors (Lipinski definition) is 8. The van der Waals surface area contributed by atoms with Crippen LogP contribution in [0.2, 0.25) is 0 Å². The monoisotopic (exact) mass is 457 g/mol. The van der Waals surface area contributed by atoms with E-state index in [0.717, 1.165) is 28.5 Å². The van der Waals surface area contributed by atoms with Gasteiger partial charge in [-0.2, -0.15) is 5.10 Å². The van der Waals surface area contributed by atoms with Gasteiger partial charge < -0.3 is 15.8 Å². The van der Waals surface area contributed by atoms with Crippen LogP contribution in [0.1, 0.15) is 34.0 Å². The minimum Gasteiger partial charge on any atom is -0.464 e. The molecule has 172 valence electrons. The Hall–Kier alpha value is -4.34. The zero-order valence-corrected chi connectivity index (χ0v) is 18.9. The summed E-state index contributed by atoms with van der Waals surface area (Å²) in [5.74, 6) is 0.274. The third-order valence-corrected chi connectivity index (χ3v) is 6.06. The summed E-state index contributed by atoms with van der Waals surface area (Å²) in [6.45, 7) is 1.86. The highest BCUT2D eigenvalue weighted by Crippen LogP contribution is 2.47. The molecule has 1 fully saturated rings. The van der Waals surface area contributed by atoms with Gasteiger partial charge in [0.1, 0.15) is 17.3 Å². The third-order valence-electron chi connectivity index (χ3n) is 6.06. The van der Waals surface area contributed by atoms with Crippen molar-refractivity contribution in [2.45, 2.75) is 19.3 Å². The number of aryl methyl sites for hydroxylation is 2. The lowest BCUT2D eigenvalue weighted by molar-refractivity contribution is -0.117. The number of rotatable bonds is 5. The van der Waals surface area contributed by atoms with E-state index in [1.54, 1.807) is 35.4 Å². The number of nitrogen functional groups attached to an aromatic ring is 1. The van der Waals surface area contributed by atoms with E-state index >= 15 is 0 Å². The first-order chi connectivity index (χ1) is 16.3. The van der Waals surface area contributed by atoms with Crippen LogP contribution in [0.25, 0.3) is 22.0 Å². The van der Waals surface area contributed by atoms with E-state index < -0.39 is 5.97 Å². The molecule has 0 saturated heterocycles. The van der Waals surface area contributed by atoms with Gasteiger partial charge in [0.05, 0.1) is 19.0 Å². The molecule has 10 nitrogen and oxygen atoms in total. The molecule has 1 aliphatic carbocycles. The van der Waals surface area contributed by atoms with Crippen molar-refractivity contribution in [3.63, 3.8) is 0 Å². The molecule has 3 N–H and O–H groups in total. The van der Waals surface area contributed by atoms with Gasteiger partial charge >= 0.3 is 5.97 Å². The molecule has 0 radical (unpaired) electrons. The van der Waals surface area contributed by atoms with E-state index in [1.807, 2.05) is 26.2 Å². The van der Waals surface area contributed by atoms with E-state index in [1.165, 1.54) is 7.11 Å². The highest BCUT2D eigenvalue weighted by Gasteiger charge is 2.44. The lowest BCUT2D eigenvalue weighted by Crippen LogP contribution is -2.15. The minimum absolute atomic E-state index is 0.0681. The fourth-order valence-corrected chi connectivity index (χ4v) is 4.12. The molecule has 34 heavy (non-hydrogen) atoms. The largest absolute Gasteiger partial charge is 0.464 e. The number of amides is 1. The molecular formula is C24H23N7O3. The van der Waals surface area contributed by atoms with Crippen LogP contribution >= 0.6 is 0 Å². The number of pyridine rings is 3. The lowest BCUT2D eigenvalue weighted by Gasteiger charge is -2.11. The number of aromatic nitrogens is 5. The molecule has 0 aromatic carbocycles. The summed E-state index contributed by atoms with van der Waals surface area (Å²) in [7, 11) is 3.17. The first-order valence-electron chi connectivity index (χ1n) is 10.7. The number of methoxy groups -OCH3 is 1. The number of anilines is 2. The summed E-state index contributed by atoms with van der Waals surface area (Å²) < 4.78 is 6.47. The van der Waals surface area contributed by atoms with Crippen LogP contribution < -0.4 is 11.1 Å². The molecule has 10 heteroatoms. The summed E-state index contributed by atoms with van der Waals surface area (Å²) in [6, 6.07) is 5.29. The Morgan fingerprint density at radius 2 is 2.00 bits per heavy atom. The average molecular weight is 457 g/mol. The van der Waals surface area contributed by atoms with Crippen molar-refractivity contribution in [2.75, 3.05) is 18.2 Å². The van der Waals surface area contributed by atoms with Gasteiger partial charge in [0, 0.05) is 42.5 Å². The molecule has 4 aromatic rings. The topological polar surface area (TPSA) is 138 Å². The molecule has 1 aliphatic rings. The number of carbonyl (C=O) groups excluding carboxylic acids is 2. The number of esters is 1. The van der Waals surface area contributed by atoms with Crippen molar-refractivity contribution >= 4 is 34.3 Å². The van der Waals surface area contributed by atoms with E-state index in [0.29, 0.717) is 22.7 Å². The Morgan fingerprint density at radius 1 is 1.18 bits per heavy atom. The van der Waals surface area contributed by atoms with Gasteiger partial charge in [0.2, 0.25) is 5.91 Å². The molecule has 0 spiro atoms. The maximum absolute atomic E-state index is 12.8. The number of ether oxygens (including phenoxy) is 1. The molecule has 0 bridgehead atoms. The minimum atomic E-state index is -0.506. The molecule has 1 amide bonds. The second-order valence-corrected chi connectivity index (χ2v) is 8.44. The van der Waals surface area contributed by atoms with E-state index in [9.17, 15) is 9.59 Å². The molecule has 4 heterocycles. The molecule has 4 aromatic heterocycles. The number of nitrogens with two attached hydrogens (primary N) is 1. The van der Waals surface area contributed by atoms with Crippen LogP contribution in [0.3, 0.4) is 0 Å². The van der Waals surface area contributed by atoms with E-state index in [-0.39, 0.29) is 23.4 Å². The van der Waals surface area contributed by atoms with E-state index in [4.69, 9.17) is 10.5 Å². The van der Waals surface area contributed by atoms with Gasteiger partial charge in [-0.05, 0) is 54.0 Å². The standard InChI is InChI=1S/C24H23N7O3/c1-12-4-20(24(33)34-3)26-9-17(12)19-5-13-6-21(27-10-18(13)22(25)29-19)30-23(32)16-7-15(16)14-8-28-31(2)11-14/h4-6,8-11,15-16H,7H2,1-3H3,(H2,25,29)(H,27,30,32)/t15-,16+/m1/s1. The number of nitrogens with zero attached hydrogens (tertiary/aromatic N) is 5. The lowest BCUT2D eigenvalue weighted by atomic mass is 10.0. The van der Waals surface area contributed by atoms with Crippen molar-refractivity contribution in [1.82, 2.24) is 24.7 Å². The van der Waals surface area contributed by atoms with Crippen molar-refractivity contribution < 1.29 is 14.3 Å². The average Bonchev–Trinajstić information content (AvgIpc) is 3.51. The Balaban J connectivity index is 1.40. The predicted octanol–water partition coefficient (Wildman–Crippen LogP) is 2.84. The predicted molar refractivity (Wildman–Crippen MR) is 126 cm³/mol. The number of hydrogen-bond donors (Lipinski definition) is 2. The highest BCUT2D eigenvalue weighted by molar-refractivity contribution is 5.99. The Kier molecular flexibility index (Phi) is 5.20. The van der Waals surface area contributed by atoms with Crippen LogP contribution in [0.4, 0.5) is 11.6 Å². The smallest absolute Gasteiger partial charge is 0.356 e. The fourth-order valence-electron chi connectivity index (χ4n) is 4.12. The molecule has 0 unspecified atom stereocenters. The quantitative estimate of drug-likeness (QED) is 0.436. The van der Waals surface area contributed by atoms with Crippen LogP contribution in [-0.2, 0) is 16.6 Å². The zero-order chi connectivity index (χ0) is 24.0. The Morgan fingerprint density at radius 3 is 2.71 bits per heavy atom. The first kappa shape index (κ1) is 21.5. The summed E-state index contributed by atoms with van der Waals surface area (Å²) in [5.41, 5.74) is 9.63. The summed E-state index contributed by atoms with van der Waals surface area (Å²) in [4.78, 5) is 37.5. The fraction of sp³-hybridized carbons (Fsp3) is 0.250. The second kappa shape index (κ2) is 8.22. The number of fused-ring (bicyclic) bond motifs is 1. The zero-order valence-electron chi connectivity index (χ0n) is 18.9. The van der Waals surface area contributed by atoms with Gasteiger partial charge in [-0.15, -0.1) is 0 Å². The second-order valence-electron chi connectivity index (χ2n) is 8.44. The summed E-state index contributed by atoms with van der Waals surface area (Å²) in [6.07, 6.45) is 7.72. The Labute approximate surface area is 195 Å². The van der Waals surface area contributed by atoms with Crippen LogP contribution in [-0.4, -0.2) is 43.7 Å². The van der Waals surface area contributed by atoms with E-state index in [2.05, 4.69) is 25.4 Å². The van der Waals surface area contributed by atoms with Crippen LogP contribution in [0.5, 0.6) is 0 Å². The first-order valence-corrected chi connectivity index (χ1v) is 10.7. The normalized spacial score (nSPS) is 16.9. The molecular weight excluding hydrogens is 434 g/mol. The van der Waals surface area contributed by atoms with Gasteiger partial charge in [-0.25, -0.2) is 19.7 Å². The maximum Gasteiger partial charge on any atom is 0.356 e. The van der Waals surface area contributed by atoms with Crippen LogP contribution in [0, 0.1) is 12.8 Å². The van der Waals surface area contributed by atoms with Crippen molar-refractivity contribution in [2.24, 2.45) is 13.0 Å². The summed E-state index contributed by atoms with van der Waals surface area (Å²) >= 11 is 0. The maximum atomic E-state index is 12.8. The van der Waals surface area contributed by atoms with Crippen molar-refractivity contribution in [1.29, 1.82) is 0 Å². The highest BCUT2D eigenvalue weighted by atomic mass is 16.5. The van der Waals surface area contributed by atoms with Gasteiger partial charge in [0.15, 0.2) is 0 Å². The molecule has 5 rings (SSSR count). The molecule has 0 aliphatic heterocycles. The van der Waals surface area contributed by atoms with Gasteiger partial charge in [-0.1, -0.05) is 0 Å². The Bertz CT molecular complexity index is 1450. The number of carbonyl (C=O) groups is 2. The molecule has 2 atom stereocenters. The molecule has 1 saturated carbocycles. The van der Waals surface area contributed by atoms with Gasteiger partial charge in [0.25, 0.3) is 0 Å². The number of nitrogens with one attached hydrogen (secondary N) is 1. The third kappa shape index (κ3) is 3.94. The van der Waals surface area contributed by atoms with Crippen LogP contribution in [0.15, 0.2) is 43.0 Å². The SMILES string of the molecule is COC(=O)c1cc(C)c(-c2cc3cc(NC(=O)[C@H]4C[C@@H]4c4cnn(C)c4)ncc3c(N)n2)cn1. The van der Waals surface area contributed by atoms with Crippen molar-refractivity contribution in [3.8, 4) is 11.3 Å².